The number of hydrogen-bond acceptors (Lipinski definition) is 4. The third-order valence-electron chi connectivity index (χ3n) is 2.53. The van der Waals surface area contributed by atoms with E-state index in [0.29, 0.717) is 18.1 Å². The normalized spacial score (nSPS) is 14.2. The number of aromatic nitrogens is 2. The molecule has 82 valence electrons. The maximum Gasteiger partial charge on any atom is 0.226 e. The van der Waals surface area contributed by atoms with E-state index < -0.39 is 0 Å². The number of terminal acetylenes is 1. The zero-order chi connectivity index (χ0) is 11.4. The van der Waals surface area contributed by atoms with Crippen LogP contribution < -0.4 is 4.90 Å². The summed E-state index contributed by atoms with van der Waals surface area (Å²) in [4.78, 5) is 20.7. The fourth-order valence-electron chi connectivity index (χ4n) is 1.49. The van der Waals surface area contributed by atoms with Crippen LogP contribution in [0.15, 0.2) is 12.4 Å². The van der Waals surface area contributed by atoms with E-state index >= 15 is 0 Å². The number of rotatable bonds is 5. The van der Waals surface area contributed by atoms with Gasteiger partial charge in [-0.1, -0.05) is 5.92 Å². The molecule has 1 fully saturated rings. The molecule has 1 saturated carbocycles. The van der Waals surface area contributed by atoms with E-state index in [4.69, 9.17) is 6.42 Å². The van der Waals surface area contributed by atoms with Crippen LogP contribution in [0.4, 0.5) is 5.95 Å². The highest BCUT2D eigenvalue weighted by Crippen LogP contribution is 2.30. The van der Waals surface area contributed by atoms with Crippen LogP contribution in [0.2, 0.25) is 0 Å². The minimum Gasteiger partial charge on any atom is -0.329 e. The molecule has 0 N–H and O–H groups in total. The first-order chi connectivity index (χ1) is 7.83. The lowest BCUT2D eigenvalue weighted by molar-refractivity contribution is 0.112. The number of anilines is 1. The Kier molecular flexibility index (Phi) is 3.16. The zero-order valence-electron chi connectivity index (χ0n) is 8.97. The Morgan fingerprint density at radius 2 is 2.19 bits per heavy atom. The minimum absolute atomic E-state index is 0.482. The Balaban J connectivity index is 2.10. The molecule has 1 aromatic heterocycles. The lowest BCUT2D eigenvalue weighted by Crippen LogP contribution is -2.27. The van der Waals surface area contributed by atoms with Crippen molar-refractivity contribution in [3.63, 3.8) is 0 Å². The maximum absolute atomic E-state index is 10.5. The van der Waals surface area contributed by atoms with Crippen molar-refractivity contribution >= 4 is 12.2 Å². The van der Waals surface area contributed by atoms with Gasteiger partial charge in [0.25, 0.3) is 0 Å². The van der Waals surface area contributed by atoms with E-state index in [-0.39, 0.29) is 0 Å². The molecule has 1 aliphatic rings. The quantitative estimate of drug-likeness (QED) is 0.546. The van der Waals surface area contributed by atoms with Crippen LogP contribution in [-0.2, 0) is 0 Å². The Morgan fingerprint density at radius 3 is 2.69 bits per heavy atom. The van der Waals surface area contributed by atoms with Gasteiger partial charge in [-0.15, -0.1) is 6.42 Å². The first kappa shape index (κ1) is 10.6. The summed E-state index contributed by atoms with van der Waals surface area (Å²) in [5.74, 6) is 3.94. The molecule has 0 radical (unpaired) electrons. The van der Waals surface area contributed by atoms with Gasteiger partial charge in [-0.05, 0) is 18.8 Å². The summed E-state index contributed by atoms with van der Waals surface area (Å²) in [7, 11) is 0. The number of carbonyl (C=O) groups is 1. The van der Waals surface area contributed by atoms with Crippen LogP contribution in [0, 0.1) is 18.3 Å². The second-order valence-electron chi connectivity index (χ2n) is 3.96. The second kappa shape index (κ2) is 4.75. The lowest BCUT2D eigenvalue weighted by Gasteiger charge is -2.19. The number of aldehydes is 1. The standard InChI is InChI=1S/C12H13N3O/c1-2-5-15(8-10-3-4-10)12-13-6-11(9-16)7-14-12/h1,6-7,9-10H,3-5,8H2. The highest BCUT2D eigenvalue weighted by atomic mass is 16.1. The van der Waals surface area contributed by atoms with E-state index in [1.54, 1.807) is 0 Å². The molecule has 0 aromatic carbocycles. The fourth-order valence-corrected chi connectivity index (χ4v) is 1.49. The lowest BCUT2D eigenvalue weighted by atomic mass is 10.3. The van der Waals surface area contributed by atoms with Gasteiger partial charge < -0.3 is 4.90 Å². The van der Waals surface area contributed by atoms with Crippen molar-refractivity contribution in [3.8, 4) is 12.3 Å². The van der Waals surface area contributed by atoms with E-state index in [1.807, 2.05) is 4.90 Å². The molecule has 0 atom stereocenters. The van der Waals surface area contributed by atoms with Crippen LogP contribution in [0.25, 0.3) is 0 Å². The molecule has 0 unspecified atom stereocenters. The van der Waals surface area contributed by atoms with Crippen molar-refractivity contribution in [1.29, 1.82) is 0 Å². The molecule has 4 heteroatoms. The summed E-state index contributed by atoms with van der Waals surface area (Å²) >= 11 is 0. The minimum atomic E-state index is 0.482. The SMILES string of the molecule is C#CCN(CC1CC1)c1ncc(C=O)cn1. The molecule has 4 nitrogen and oxygen atoms in total. The average molecular weight is 215 g/mol. The molecular weight excluding hydrogens is 202 g/mol. The van der Waals surface area contributed by atoms with Crippen molar-refractivity contribution in [1.82, 2.24) is 9.97 Å². The molecule has 16 heavy (non-hydrogen) atoms. The molecule has 2 rings (SSSR count). The first-order valence-electron chi connectivity index (χ1n) is 5.29. The van der Waals surface area contributed by atoms with Crippen molar-refractivity contribution in [2.75, 3.05) is 18.0 Å². The summed E-state index contributed by atoms with van der Waals surface area (Å²) in [6, 6.07) is 0. The molecule has 0 aliphatic heterocycles. The monoisotopic (exact) mass is 215 g/mol. The van der Waals surface area contributed by atoms with E-state index in [0.717, 1.165) is 18.7 Å². The molecule has 0 saturated heterocycles. The number of hydrogen-bond donors (Lipinski definition) is 0. The molecule has 1 aromatic rings. The smallest absolute Gasteiger partial charge is 0.226 e. The Labute approximate surface area is 94.7 Å². The van der Waals surface area contributed by atoms with Crippen LogP contribution in [0.3, 0.4) is 0 Å². The number of nitrogens with zero attached hydrogens (tertiary/aromatic N) is 3. The van der Waals surface area contributed by atoms with Crippen LogP contribution in [0.1, 0.15) is 23.2 Å². The van der Waals surface area contributed by atoms with Gasteiger partial charge in [-0.25, -0.2) is 9.97 Å². The molecule has 1 heterocycles. The molecule has 0 amide bonds. The second-order valence-corrected chi connectivity index (χ2v) is 3.96. The van der Waals surface area contributed by atoms with Crippen LogP contribution >= 0.6 is 0 Å². The van der Waals surface area contributed by atoms with Gasteiger partial charge in [0.05, 0.1) is 12.1 Å². The average Bonchev–Trinajstić information content (AvgIpc) is 3.13. The summed E-state index contributed by atoms with van der Waals surface area (Å²) in [6.45, 7) is 1.42. The highest BCUT2D eigenvalue weighted by Gasteiger charge is 2.25. The predicted molar refractivity (Wildman–Crippen MR) is 61.2 cm³/mol. The predicted octanol–water partition coefficient (Wildman–Crippen LogP) is 1.14. The largest absolute Gasteiger partial charge is 0.329 e. The van der Waals surface area contributed by atoms with E-state index in [1.165, 1.54) is 25.2 Å². The molecular formula is C12H13N3O. The summed E-state index contributed by atoms with van der Waals surface area (Å²) in [5, 5.41) is 0. The van der Waals surface area contributed by atoms with E-state index in [2.05, 4.69) is 15.9 Å². The van der Waals surface area contributed by atoms with E-state index in [9.17, 15) is 4.79 Å². The Bertz CT molecular complexity index is 403. The van der Waals surface area contributed by atoms with Crippen molar-refractivity contribution in [2.24, 2.45) is 5.92 Å². The topological polar surface area (TPSA) is 46.1 Å². The van der Waals surface area contributed by atoms with Gasteiger partial charge in [0.15, 0.2) is 6.29 Å². The fraction of sp³-hybridized carbons (Fsp3) is 0.417. The molecule has 1 aliphatic carbocycles. The summed E-state index contributed by atoms with van der Waals surface area (Å²) in [6.07, 6.45) is 11.6. The molecule has 0 spiro atoms. The third-order valence-corrected chi connectivity index (χ3v) is 2.53. The van der Waals surface area contributed by atoms with Gasteiger partial charge in [0.2, 0.25) is 5.95 Å². The highest BCUT2D eigenvalue weighted by molar-refractivity contribution is 5.73. The van der Waals surface area contributed by atoms with Gasteiger partial charge in [-0.2, -0.15) is 0 Å². The van der Waals surface area contributed by atoms with Gasteiger partial charge in [0, 0.05) is 18.9 Å². The van der Waals surface area contributed by atoms with Gasteiger partial charge >= 0.3 is 0 Å². The van der Waals surface area contributed by atoms with Crippen LogP contribution in [-0.4, -0.2) is 29.3 Å². The van der Waals surface area contributed by atoms with Crippen molar-refractivity contribution < 1.29 is 4.79 Å². The Hall–Kier alpha value is -1.89. The summed E-state index contributed by atoms with van der Waals surface area (Å²) < 4.78 is 0. The zero-order valence-corrected chi connectivity index (χ0v) is 8.97. The third kappa shape index (κ3) is 2.57. The molecule has 0 bridgehead atoms. The maximum atomic E-state index is 10.5. The first-order valence-corrected chi connectivity index (χ1v) is 5.29. The van der Waals surface area contributed by atoms with Crippen molar-refractivity contribution in [3.05, 3.63) is 18.0 Å². The Morgan fingerprint density at radius 1 is 1.50 bits per heavy atom. The summed E-state index contributed by atoms with van der Waals surface area (Å²) in [5.41, 5.74) is 0.482. The van der Waals surface area contributed by atoms with Gasteiger partial charge in [-0.3, -0.25) is 4.79 Å². The number of carbonyl (C=O) groups excluding carboxylic acids is 1. The van der Waals surface area contributed by atoms with Crippen molar-refractivity contribution in [2.45, 2.75) is 12.8 Å². The van der Waals surface area contributed by atoms with Crippen LogP contribution in [0.5, 0.6) is 0 Å². The van der Waals surface area contributed by atoms with Gasteiger partial charge in [0.1, 0.15) is 0 Å².